The van der Waals surface area contributed by atoms with E-state index < -0.39 is 0 Å². The van der Waals surface area contributed by atoms with E-state index in [-0.39, 0.29) is 19.2 Å². The molecule has 2 aromatic rings. The Balaban J connectivity index is 2.10. The van der Waals surface area contributed by atoms with Crippen LogP contribution < -0.4 is 10.6 Å². The van der Waals surface area contributed by atoms with Crippen LogP contribution in [0.2, 0.25) is 5.02 Å². The van der Waals surface area contributed by atoms with Crippen LogP contribution in [-0.2, 0) is 6.54 Å². The fraction of sp³-hybridized carbons (Fsp3) is 0.188. The number of carbonyl (C=O) groups excluding carboxylic acids is 1. The summed E-state index contributed by atoms with van der Waals surface area (Å²) in [6.07, 6.45) is 0. The van der Waals surface area contributed by atoms with E-state index in [0.717, 1.165) is 16.7 Å². The molecule has 0 atom stereocenters. The Kier molecular flexibility index (Phi) is 5.60. The summed E-state index contributed by atoms with van der Waals surface area (Å²) in [5.74, 6) is 0. The zero-order valence-corrected chi connectivity index (χ0v) is 12.2. The Bertz CT molecular complexity index is 599. The quantitative estimate of drug-likeness (QED) is 0.795. The third-order valence-electron chi connectivity index (χ3n) is 3.01. The van der Waals surface area contributed by atoms with Crippen LogP contribution in [-0.4, -0.2) is 24.3 Å². The maximum Gasteiger partial charge on any atom is 0.315 e. The maximum atomic E-state index is 11.5. The summed E-state index contributed by atoms with van der Waals surface area (Å²) >= 11 is 5.90. The average molecular weight is 305 g/mol. The lowest BCUT2D eigenvalue weighted by Crippen LogP contribution is -2.36. The third-order valence-corrected chi connectivity index (χ3v) is 3.26. The lowest BCUT2D eigenvalue weighted by atomic mass is 10.00. The molecule has 0 aliphatic carbocycles. The van der Waals surface area contributed by atoms with Crippen LogP contribution in [0.15, 0.2) is 48.5 Å². The monoisotopic (exact) mass is 304 g/mol. The molecule has 3 N–H and O–H groups in total. The number of hydrogen-bond donors (Lipinski definition) is 3. The molecule has 0 saturated heterocycles. The van der Waals surface area contributed by atoms with Crippen LogP contribution in [0.3, 0.4) is 0 Å². The normalized spacial score (nSPS) is 10.2. The second-order valence-electron chi connectivity index (χ2n) is 4.50. The minimum atomic E-state index is -0.296. The van der Waals surface area contributed by atoms with Crippen molar-refractivity contribution in [3.05, 3.63) is 59.1 Å². The first-order valence-corrected chi connectivity index (χ1v) is 7.05. The predicted octanol–water partition coefficient (Wildman–Crippen LogP) is 2.80. The highest BCUT2D eigenvalue weighted by Gasteiger charge is 2.06. The van der Waals surface area contributed by atoms with Gasteiger partial charge in [-0.15, -0.1) is 0 Å². The van der Waals surface area contributed by atoms with Crippen LogP contribution in [0, 0.1) is 0 Å². The number of aliphatic hydroxyl groups is 1. The molecule has 2 aromatic carbocycles. The van der Waals surface area contributed by atoms with Crippen molar-refractivity contribution in [1.29, 1.82) is 0 Å². The summed E-state index contributed by atoms with van der Waals surface area (Å²) in [6, 6.07) is 15.2. The number of halogens is 1. The topological polar surface area (TPSA) is 61.4 Å². The molecule has 0 aliphatic rings. The number of hydrogen-bond acceptors (Lipinski definition) is 2. The van der Waals surface area contributed by atoms with Crippen molar-refractivity contribution >= 4 is 17.6 Å². The number of aliphatic hydroxyl groups excluding tert-OH is 1. The van der Waals surface area contributed by atoms with Crippen molar-refractivity contribution in [2.45, 2.75) is 6.54 Å². The first kappa shape index (κ1) is 15.4. The number of carbonyl (C=O) groups is 1. The fourth-order valence-corrected chi connectivity index (χ4v) is 2.12. The van der Waals surface area contributed by atoms with E-state index in [9.17, 15) is 4.79 Å². The smallest absolute Gasteiger partial charge is 0.315 e. The van der Waals surface area contributed by atoms with E-state index in [4.69, 9.17) is 16.7 Å². The first-order valence-electron chi connectivity index (χ1n) is 6.67. The Labute approximate surface area is 128 Å². The van der Waals surface area contributed by atoms with Gasteiger partial charge in [0.1, 0.15) is 0 Å². The van der Waals surface area contributed by atoms with Crippen LogP contribution in [0.25, 0.3) is 11.1 Å². The molecular weight excluding hydrogens is 288 g/mol. The molecule has 0 aliphatic heterocycles. The number of amides is 2. The molecule has 0 fully saturated rings. The van der Waals surface area contributed by atoms with E-state index in [0.29, 0.717) is 11.6 Å². The van der Waals surface area contributed by atoms with Gasteiger partial charge in [-0.1, -0.05) is 48.0 Å². The van der Waals surface area contributed by atoms with Gasteiger partial charge >= 0.3 is 6.03 Å². The predicted molar refractivity (Wildman–Crippen MR) is 84.2 cm³/mol. The second kappa shape index (κ2) is 7.67. The molecule has 0 aromatic heterocycles. The highest BCUT2D eigenvalue weighted by Crippen LogP contribution is 2.25. The largest absolute Gasteiger partial charge is 0.395 e. The molecule has 110 valence electrons. The Morgan fingerprint density at radius 3 is 2.48 bits per heavy atom. The number of rotatable bonds is 5. The molecular formula is C16H17ClN2O2. The van der Waals surface area contributed by atoms with E-state index >= 15 is 0 Å². The summed E-state index contributed by atoms with van der Waals surface area (Å²) in [5.41, 5.74) is 3.11. The van der Waals surface area contributed by atoms with Crippen LogP contribution in [0.4, 0.5) is 4.79 Å². The fourth-order valence-electron chi connectivity index (χ4n) is 1.99. The van der Waals surface area contributed by atoms with E-state index in [1.165, 1.54) is 0 Å². The molecule has 2 amide bonds. The van der Waals surface area contributed by atoms with Gasteiger partial charge in [0, 0.05) is 18.1 Å². The van der Waals surface area contributed by atoms with Crippen LogP contribution in [0.5, 0.6) is 0 Å². The first-order chi connectivity index (χ1) is 10.2. The number of urea groups is 1. The van der Waals surface area contributed by atoms with Gasteiger partial charge in [0.2, 0.25) is 0 Å². The molecule has 0 bridgehead atoms. The van der Waals surface area contributed by atoms with Gasteiger partial charge in [-0.2, -0.15) is 0 Å². The van der Waals surface area contributed by atoms with Crippen molar-refractivity contribution in [2.75, 3.05) is 13.2 Å². The van der Waals surface area contributed by atoms with Gasteiger partial charge in [0.25, 0.3) is 0 Å². The van der Waals surface area contributed by atoms with Gasteiger partial charge < -0.3 is 15.7 Å². The lowest BCUT2D eigenvalue weighted by Gasteiger charge is -2.11. The van der Waals surface area contributed by atoms with Crippen molar-refractivity contribution in [1.82, 2.24) is 10.6 Å². The minimum Gasteiger partial charge on any atom is -0.395 e. The van der Waals surface area contributed by atoms with Gasteiger partial charge in [-0.05, 0) is 28.8 Å². The number of nitrogens with one attached hydrogen (secondary N) is 2. The molecule has 0 unspecified atom stereocenters. The van der Waals surface area contributed by atoms with Crippen molar-refractivity contribution in [3.63, 3.8) is 0 Å². The van der Waals surface area contributed by atoms with Crippen molar-refractivity contribution in [3.8, 4) is 11.1 Å². The van der Waals surface area contributed by atoms with Crippen molar-refractivity contribution in [2.24, 2.45) is 0 Å². The van der Waals surface area contributed by atoms with Crippen molar-refractivity contribution < 1.29 is 9.90 Å². The van der Waals surface area contributed by atoms with Crippen LogP contribution in [0.1, 0.15) is 5.56 Å². The summed E-state index contributed by atoms with van der Waals surface area (Å²) in [4.78, 5) is 11.5. The molecule has 5 heteroatoms. The molecule has 21 heavy (non-hydrogen) atoms. The van der Waals surface area contributed by atoms with Gasteiger partial charge in [-0.25, -0.2) is 4.79 Å². The summed E-state index contributed by atoms with van der Waals surface area (Å²) < 4.78 is 0. The molecule has 0 radical (unpaired) electrons. The Morgan fingerprint density at radius 1 is 1.05 bits per heavy atom. The lowest BCUT2D eigenvalue weighted by molar-refractivity contribution is 0.234. The van der Waals surface area contributed by atoms with E-state index in [2.05, 4.69) is 10.6 Å². The SMILES string of the molecule is O=C(NCCO)NCc1ccccc1-c1ccc(Cl)cc1. The molecule has 0 spiro atoms. The van der Waals surface area contributed by atoms with E-state index in [1.54, 1.807) is 0 Å². The summed E-state index contributed by atoms with van der Waals surface area (Å²) in [5, 5.41) is 14.7. The average Bonchev–Trinajstić information content (AvgIpc) is 2.52. The zero-order chi connectivity index (χ0) is 15.1. The van der Waals surface area contributed by atoms with Gasteiger partial charge in [-0.3, -0.25) is 0 Å². The van der Waals surface area contributed by atoms with Gasteiger partial charge in [0.05, 0.1) is 6.61 Å². The highest BCUT2D eigenvalue weighted by atomic mass is 35.5. The zero-order valence-electron chi connectivity index (χ0n) is 11.5. The van der Waals surface area contributed by atoms with E-state index in [1.807, 2.05) is 48.5 Å². The minimum absolute atomic E-state index is 0.0746. The summed E-state index contributed by atoms with van der Waals surface area (Å²) in [6.45, 7) is 0.579. The maximum absolute atomic E-state index is 11.5. The molecule has 0 saturated carbocycles. The Morgan fingerprint density at radius 2 is 1.76 bits per heavy atom. The van der Waals surface area contributed by atoms with Gasteiger partial charge in [0.15, 0.2) is 0 Å². The van der Waals surface area contributed by atoms with Crippen LogP contribution >= 0.6 is 11.6 Å². The molecule has 2 rings (SSSR count). The molecule has 0 heterocycles. The number of benzene rings is 2. The summed E-state index contributed by atoms with van der Waals surface area (Å²) in [7, 11) is 0. The Hall–Kier alpha value is -2.04. The molecule has 4 nitrogen and oxygen atoms in total. The standard InChI is InChI=1S/C16H17ClN2O2/c17-14-7-5-12(6-8-14)15-4-2-1-3-13(15)11-19-16(21)18-9-10-20/h1-8,20H,9-11H2,(H2,18,19,21). The highest BCUT2D eigenvalue weighted by molar-refractivity contribution is 6.30. The second-order valence-corrected chi connectivity index (χ2v) is 4.93. The third kappa shape index (κ3) is 4.48.